The second-order valence-electron chi connectivity index (χ2n) is 7.14. The minimum Gasteiger partial charge on any atom is -0.497 e. The average Bonchev–Trinajstić information content (AvgIpc) is 2.96. The first kappa shape index (κ1) is 18.2. The van der Waals surface area contributed by atoms with E-state index < -0.39 is 0 Å². The number of methoxy groups -OCH3 is 1. The van der Waals surface area contributed by atoms with Gasteiger partial charge in [-0.1, -0.05) is 18.2 Å². The normalized spacial score (nSPS) is 18.1. The molecule has 3 amide bonds. The van der Waals surface area contributed by atoms with E-state index in [2.05, 4.69) is 0 Å². The molecule has 0 spiro atoms. The molecule has 0 saturated heterocycles. The Labute approximate surface area is 163 Å². The summed E-state index contributed by atoms with van der Waals surface area (Å²) < 4.78 is 5.31. The van der Waals surface area contributed by atoms with Crippen LogP contribution in [-0.2, 0) is 11.2 Å². The van der Waals surface area contributed by atoms with Gasteiger partial charge in [-0.15, -0.1) is 0 Å². The Balaban J connectivity index is 1.45. The van der Waals surface area contributed by atoms with Crippen LogP contribution in [-0.4, -0.2) is 47.7 Å². The summed E-state index contributed by atoms with van der Waals surface area (Å²) in [5, 5.41) is 0. The number of carbonyl (C=O) groups excluding carboxylic acids is 3. The molecule has 6 nitrogen and oxygen atoms in total. The van der Waals surface area contributed by atoms with E-state index in [9.17, 15) is 14.4 Å². The number of amides is 3. The van der Waals surface area contributed by atoms with E-state index in [-0.39, 0.29) is 36.7 Å². The zero-order valence-corrected chi connectivity index (χ0v) is 16.0. The number of imide groups is 1. The Bertz CT molecular complexity index is 934. The van der Waals surface area contributed by atoms with Gasteiger partial charge in [0.25, 0.3) is 11.8 Å². The molecule has 6 heteroatoms. The van der Waals surface area contributed by atoms with E-state index in [1.165, 1.54) is 10.5 Å². The second kappa shape index (κ2) is 7.11. The van der Waals surface area contributed by atoms with Crippen LogP contribution in [0.15, 0.2) is 42.5 Å². The van der Waals surface area contributed by atoms with Gasteiger partial charge < -0.3 is 9.64 Å². The van der Waals surface area contributed by atoms with Gasteiger partial charge in [0.1, 0.15) is 5.75 Å². The number of hydrogen-bond acceptors (Lipinski definition) is 4. The number of nitrogens with zero attached hydrogens (tertiary/aromatic N) is 2. The van der Waals surface area contributed by atoms with Crippen LogP contribution in [0.25, 0.3) is 0 Å². The molecule has 1 unspecified atom stereocenters. The van der Waals surface area contributed by atoms with Crippen molar-refractivity contribution in [1.29, 1.82) is 0 Å². The van der Waals surface area contributed by atoms with Crippen LogP contribution in [0.3, 0.4) is 0 Å². The maximum atomic E-state index is 12.9. The SMILES string of the molecule is COc1ccc2c(c1)C(C)N(C(=O)CCN1C(=O)c3ccccc3C1=O)CC2. The molecular weight excluding hydrogens is 356 g/mol. The lowest BCUT2D eigenvalue weighted by molar-refractivity contribution is -0.133. The van der Waals surface area contributed by atoms with E-state index in [1.54, 1.807) is 31.4 Å². The van der Waals surface area contributed by atoms with Crippen LogP contribution >= 0.6 is 0 Å². The molecule has 0 bridgehead atoms. The van der Waals surface area contributed by atoms with Gasteiger partial charge in [0.2, 0.25) is 5.91 Å². The quantitative estimate of drug-likeness (QED) is 0.768. The highest BCUT2D eigenvalue weighted by Crippen LogP contribution is 2.32. The summed E-state index contributed by atoms with van der Waals surface area (Å²) in [6.45, 7) is 2.72. The average molecular weight is 378 g/mol. The first-order valence-corrected chi connectivity index (χ1v) is 9.42. The monoisotopic (exact) mass is 378 g/mol. The summed E-state index contributed by atoms with van der Waals surface area (Å²) in [6.07, 6.45) is 0.900. The van der Waals surface area contributed by atoms with Gasteiger partial charge in [-0.05, 0) is 48.7 Å². The van der Waals surface area contributed by atoms with Crippen molar-refractivity contribution >= 4 is 17.7 Å². The minimum absolute atomic E-state index is 0.0578. The molecule has 2 aromatic carbocycles. The number of ether oxygens (including phenoxy) is 1. The molecule has 0 aliphatic carbocycles. The zero-order chi connectivity index (χ0) is 19.8. The highest BCUT2D eigenvalue weighted by Gasteiger charge is 2.36. The largest absolute Gasteiger partial charge is 0.497 e. The van der Waals surface area contributed by atoms with Gasteiger partial charge in [-0.25, -0.2) is 0 Å². The topological polar surface area (TPSA) is 66.9 Å². The molecule has 144 valence electrons. The number of benzene rings is 2. The van der Waals surface area contributed by atoms with Crippen molar-refractivity contribution in [2.75, 3.05) is 20.2 Å². The number of hydrogen-bond donors (Lipinski definition) is 0. The predicted octanol–water partition coefficient (Wildman–Crippen LogP) is 2.83. The lowest BCUT2D eigenvalue weighted by atomic mass is 9.93. The Hall–Kier alpha value is -3.15. The molecule has 28 heavy (non-hydrogen) atoms. The Morgan fingerprint density at radius 2 is 1.79 bits per heavy atom. The molecule has 2 heterocycles. The van der Waals surface area contributed by atoms with Gasteiger partial charge in [-0.2, -0.15) is 0 Å². The molecule has 0 N–H and O–H groups in total. The third-order valence-electron chi connectivity index (χ3n) is 5.64. The van der Waals surface area contributed by atoms with Crippen molar-refractivity contribution in [3.05, 3.63) is 64.7 Å². The van der Waals surface area contributed by atoms with Crippen LogP contribution in [0.1, 0.15) is 51.2 Å². The third kappa shape index (κ3) is 2.95. The first-order chi connectivity index (χ1) is 13.5. The Kier molecular flexibility index (Phi) is 4.63. The highest BCUT2D eigenvalue weighted by atomic mass is 16.5. The van der Waals surface area contributed by atoms with Crippen molar-refractivity contribution in [3.63, 3.8) is 0 Å². The molecule has 2 aromatic rings. The maximum Gasteiger partial charge on any atom is 0.261 e. The van der Waals surface area contributed by atoms with Gasteiger partial charge in [0, 0.05) is 19.5 Å². The van der Waals surface area contributed by atoms with E-state index >= 15 is 0 Å². The zero-order valence-electron chi connectivity index (χ0n) is 16.0. The molecule has 2 aliphatic heterocycles. The van der Waals surface area contributed by atoms with Crippen LogP contribution < -0.4 is 4.74 Å². The van der Waals surface area contributed by atoms with E-state index in [1.807, 2.05) is 30.0 Å². The Morgan fingerprint density at radius 1 is 1.11 bits per heavy atom. The van der Waals surface area contributed by atoms with Crippen LogP contribution in [0.4, 0.5) is 0 Å². The minimum atomic E-state index is -0.324. The standard InChI is InChI=1S/C22H22N2O4/c1-14-19-13-16(28-2)8-7-15(19)9-11-23(14)20(25)10-12-24-21(26)17-5-3-4-6-18(17)22(24)27/h3-8,13-14H,9-12H2,1-2H3. The smallest absolute Gasteiger partial charge is 0.261 e. The van der Waals surface area contributed by atoms with Crippen molar-refractivity contribution < 1.29 is 19.1 Å². The van der Waals surface area contributed by atoms with Gasteiger partial charge in [0.05, 0.1) is 24.3 Å². The van der Waals surface area contributed by atoms with Crippen LogP contribution in [0.5, 0.6) is 5.75 Å². The fourth-order valence-electron chi connectivity index (χ4n) is 4.05. The molecule has 1 atom stereocenters. The van der Waals surface area contributed by atoms with Crippen molar-refractivity contribution in [1.82, 2.24) is 9.80 Å². The van der Waals surface area contributed by atoms with Gasteiger partial charge in [-0.3, -0.25) is 19.3 Å². The summed E-state index contributed by atoms with van der Waals surface area (Å²) in [4.78, 5) is 40.8. The highest BCUT2D eigenvalue weighted by molar-refractivity contribution is 6.21. The molecule has 0 saturated carbocycles. The molecular formula is C22H22N2O4. The first-order valence-electron chi connectivity index (χ1n) is 9.42. The molecule has 0 radical (unpaired) electrons. The van der Waals surface area contributed by atoms with Gasteiger partial charge in [0.15, 0.2) is 0 Å². The van der Waals surface area contributed by atoms with Crippen molar-refractivity contribution in [3.8, 4) is 5.75 Å². The summed E-state index contributed by atoms with van der Waals surface area (Å²) in [5.74, 6) is 0.0637. The number of carbonyl (C=O) groups is 3. The lowest BCUT2D eigenvalue weighted by Gasteiger charge is -2.35. The van der Waals surface area contributed by atoms with Crippen LogP contribution in [0.2, 0.25) is 0 Å². The second-order valence-corrected chi connectivity index (χ2v) is 7.14. The van der Waals surface area contributed by atoms with Crippen molar-refractivity contribution in [2.24, 2.45) is 0 Å². The fourth-order valence-corrected chi connectivity index (χ4v) is 4.05. The predicted molar refractivity (Wildman–Crippen MR) is 103 cm³/mol. The van der Waals surface area contributed by atoms with Crippen molar-refractivity contribution in [2.45, 2.75) is 25.8 Å². The summed E-state index contributed by atoms with van der Waals surface area (Å²) >= 11 is 0. The number of rotatable bonds is 4. The molecule has 0 fully saturated rings. The summed E-state index contributed by atoms with van der Waals surface area (Å²) in [7, 11) is 1.63. The number of fused-ring (bicyclic) bond motifs is 2. The van der Waals surface area contributed by atoms with Gasteiger partial charge >= 0.3 is 0 Å². The summed E-state index contributed by atoms with van der Waals surface area (Å²) in [6, 6.07) is 12.6. The molecule has 0 aromatic heterocycles. The summed E-state index contributed by atoms with van der Waals surface area (Å²) in [5.41, 5.74) is 3.12. The molecule has 2 aliphatic rings. The lowest BCUT2D eigenvalue weighted by Crippen LogP contribution is -2.41. The Morgan fingerprint density at radius 3 is 2.43 bits per heavy atom. The van der Waals surface area contributed by atoms with E-state index in [4.69, 9.17) is 4.74 Å². The maximum absolute atomic E-state index is 12.9. The molecule has 4 rings (SSSR count). The van der Waals surface area contributed by atoms with E-state index in [0.717, 1.165) is 17.7 Å². The van der Waals surface area contributed by atoms with Crippen LogP contribution in [0, 0.1) is 0 Å². The fraction of sp³-hybridized carbons (Fsp3) is 0.318. The van der Waals surface area contributed by atoms with E-state index in [0.29, 0.717) is 17.7 Å². The third-order valence-corrected chi connectivity index (χ3v) is 5.64.